The smallest absolute Gasteiger partial charge is 0.185 e. The molecule has 24 heavy (non-hydrogen) atoms. The molecule has 2 atom stereocenters. The summed E-state index contributed by atoms with van der Waals surface area (Å²) in [5.41, 5.74) is -0.494. The predicted molar refractivity (Wildman–Crippen MR) is 95.1 cm³/mol. The van der Waals surface area contributed by atoms with Crippen LogP contribution in [0, 0.1) is 0 Å². The summed E-state index contributed by atoms with van der Waals surface area (Å²) >= 11 is 0. The summed E-state index contributed by atoms with van der Waals surface area (Å²) < 4.78 is 17.6. The lowest BCUT2D eigenvalue weighted by Crippen LogP contribution is -2.64. The molecule has 0 heterocycles. The maximum atomic E-state index is 11.6. The molecule has 4 nitrogen and oxygen atoms in total. The lowest BCUT2D eigenvalue weighted by Gasteiger charge is -2.56. The zero-order chi connectivity index (χ0) is 18.0. The molecule has 0 spiro atoms. The molecular weight excluding hydrogens is 304 g/mol. The first-order valence-corrected chi connectivity index (χ1v) is 8.68. The Morgan fingerprint density at radius 3 is 2.38 bits per heavy atom. The first kappa shape index (κ1) is 18.8. The minimum absolute atomic E-state index is 0.00472. The van der Waals surface area contributed by atoms with Gasteiger partial charge in [0.25, 0.3) is 0 Å². The summed E-state index contributed by atoms with van der Waals surface area (Å²) in [6, 6.07) is 7.67. The highest BCUT2D eigenvalue weighted by molar-refractivity contribution is 5.56. The summed E-state index contributed by atoms with van der Waals surface area (Å²) in [6.45, 7) is 8.00. The van der Waals surface area contributed by atoms with E-state index in [2.05, 4.69) is 6.92 Å². The third-order valence-corrected chi connectivity index (χ3v) is 4.90. The van der Waals surface area contributed by atoms with Gasteiger partial charge in [0.2, 0.25) is 0 Å². The molecular formula is C20H30O4. The number of para-hydroxylation sites is 1. The lowest BCUT2D eigenvalue weighted by atomic mass is 9.59. The average Bonchev–Trinajstić information content (AvgIpc) is 2.59. The fraction of sp³-hybridized carbons (Fsp3) is 0.600. The highest BCUT2D eigenvalue weighted by Crippen LogP contribution is 2.60. The number of aliphatic hydroxyl groups is 1. The molecule has 1 aromatic rings. The lowest BCUT2D eigenvalue weighted by molar-refractivity contribution is -0.200. The van der Waals surface area contributed by atoms with E-state index in [1.54, 1.807) is 14.2 Å². The molecule has 0 radical (unpaired) electrons. The zero-order valence-corrected chi connectivity index (χ0v) is 15.7. The maximum absolute atomic E-state index is 11.6. The molecule has 0 aliphatic heterocycles. The van der Waals surface area contributed by atoms with Crippen molar-refractivity contribution < 1.29 is 19.3 Å². The normalized spacial score (nSPS) is 26.5. The average molecular weight is 334 g/mol. The van der Waals surface area contributed by atoms with Gasteiger partial charge in [-0.1, -0.05) is 38.0 Å². The molecule has 1 aliphatic carbocycles. The van der Waals surface area contributed by atoms with E-state index in [0.717, 1.165) is 24.0 Å². The molecule has 0 aromatic heterocycles. The minimum Gasteiger partial charge on any atom is -0.496 e. The van der Waals surface area contributed by atoms with Crippen molar-refractivity contribution in [1.29, 1.82) is 0 Å². The number of hydrogen-bond acceptors (Lipinski definition) is 4. The van der Waals surface area contributed by atoms with Crippen LogP contribution < -0.4 is 4.74 Å². The van der Waals surface area contributed by atoms with E-state index in [-0.39, 0.29) is 6.10 Å². The van der Waals surface area contributed by atoms with E-state index in [9.17, 15) is 5.11 Å². The highest BCUT2D eigenvalue weighted by Gasteiger charge is 2.67. The zero-order valence-electron chi connectivity index (χ0n) is 15.7. The van der Waals surface area contributed by atoms with Crippen LogP contribution in [0.15, 0.2) is 35.6 Å². The number of hydrogen-bond donors (Lipinski definition) is 1. The number of benzene rings is 1. The van der Waals surface area contributed by atoms with Gasteiger partial charge in [0.15, 0.2) is 5.60 Å². The summed E-state index contributed by atoms with van der Waals surface area (Å²) in [7, 11) is 3.25. The van der Waals surface area contributed by atoms with Gasteiger partial charge < -0.3 is 19.3 Å². The topological polar surface area (TPSA) is 47.9 Å². The van der Waals surface area contributed by atoms with E-state index in [1.165, 1.54) is 0 Å². The van der Waals surface area contributed by atoms with Crippen LogP contribution in [0.2, 0.25) is 0 Å². The van der Waals surface area contributed by atoms with Gasteiger partial charge in [0, 0.05) is 18.2 Å². The number of methoxy groups -OCH3 is 2. The minimum atomic E-state index is -1.10. The van der Waals surface area contributed by atoms with E-state index >= 15 is 0 Å². The number of rotatable bonds is 8. The SMILES string of the molecule is CCCCC1(O)C(C)=C(OC(C)C)C1(OC)c1ccccc1OC. The third kappa shape index (κ3) is 2.62. The van der Waals surface area contributed by atoms with E-state index < -0.39 is 11.2 Å². The third-order valence-electron chi connectivity index (χ3n) is 4.90. The molecule has 2 unspecified atom stereocenters. The van der Waals surface area contributed by atoms with Crippen molar-refractivity contribution in [2.75, 3.05) is 14.2 Å². The Balaban J connectivity index is 2.65. The highest BCUT2D eigenvalue weighted by atomic mass is 16.6. The Kier molecular flexibility index (Phi) is 5.61. The summed E-state index contributed by atoms with van der Waals surface area (Å²) in [6.07, 6.45) is 2.52. The van der Waals surface area contributed by atoms with Gasteiger partial charge in [-0.2, -0.15) is 0 Å². The second kappa shape index (κ2) is 7.16. The van der Waals surface area contributed by atoms with Gasteiger partial charge in [-0.05, 0) is 33.3 Å². The van der Waals surface area contributed by atoms with E-state index in [0.29, 0.717) is 17.9 Å². The van der Waals surface area contributed by atoms with Crippen molar-refractivity contribution in [3.63, 3.8) is 0 Å². The van der Waals surface area contributed by atoms with Gasteiger partial charge in [-0.25, -0.2) is 0 Å². The predicted octanol–water partition coefficient (Wildman–Crippen LogP) is 4.17. The molecule has 1 aliphatic rings. The Hall–Kier alpha value is -1.52. The molecule has 134 valence electrons. The van der Waals surface area contributed by atoms with Crippen LogP contribution in [0.25, 0.3) is 0 Å². The van der Waals surface area contributed by atoms with E-state index in [4.69, 9.17) is 14.2 Å². The quantitative estimate of drug-likeness (QED) is 0.775. The van der Waals surface area contributed by atoms with Crippen LogP contribution in [0.1, 0.15) is 52.5 Å². The molecule has 0 amide bonds. The fourth-order valence-electron chi connectivity index (χ4n) is 3.70. The summed E-state index contributed by atoms with van der Waals surface area (Å²) in [5.74, 6) is 1.38. The van der Waals surface area contributed by atoms with Crippen molar-refractivity contribution in [3.05, 3.63) is 41.2 Å². The number of ether oxygens (including phenoxy) is 3. The Morgan fingerprint density at radius 1 is 1.17 bits per heavy atom. The molecule has 1 aromatic carbocycles. The molecule has 0 saturated carbocycles. The Morgan fingerprint density at radius 2 is 1.83 bits per heavy atom. The monoisotopic (exact) mass is 334 g/mol. The van der Waals surface area contributed by atoms with Crippen LogP contribution in [-0.2, 0) is 15.1 Å². The Labute approximate surface area is 145 Å². The van der Waals surface area contributed by atoms with E-state index in [1.807, 2.05) is 45.0 Å². The van der Waals surface area contributed by atoms with Crippen LogP contribution in [0.5, 0.6) is 5.75 Å². The van der Waals surface area contributed by atoms with Crippen LogP contribution >= 0.6 is 0 Å². The van der Waals surface area contributed by atoms with Gasteiger partial charge in [-0.3, -0.25) is 0 Å². The van der Waals surface area contributed by atoms with Gasteiger partial charge >= 0.3 is 0 Å². The first-order chi connectivity index (χ1) is 11.4. The second-order valence-electron chi connectivity index (χ2n) is 6.67. The molecule has 2 rings (SSSR count). The number of unbranched alkanes of at least 4 members (excludes halogenated alkanes) is 1. The molecule has 0 bridgehead atoms. The van der Waals surface area contributed by atoms with Gasteiger partial charge in [0.1, 0.15) is 17.1 Å². The van der Waals surface area contributed by atoms with Crippen LogP contribution in [0.3, 0.4) is 0 Å². The Bertz CT molecular complexity index is 607. The van der Waals surface area contributed by atoms with Gasteiger partial charge in [0.05, 0.1) is 13.2 Å². The van der Waals surface area contributed by atoms with Crippen LogP contribution in [-0.4, -0.2) is 31.0 Å². The molecule has 4 heteroatoms. The van der Waals surface area contributed by atoms with Crippen molar-refractivity contribution in [2.45, 2.75) is 64.3 Å². The maximum Gasteiger partial charge on any atom is 0.185 e. The standard InChI is InChI=1S/C20H30O4/c1-7-8-13-19(21)15(4)18(24-14(2)3)20(19,23-6)16-11-9-10-12-17(16)22-5/h9-12,14,21H,7-8,13H2,1-6H3. The van der Waals surface area contributed by atoms with Crippen molar-refractivity contribution in [1.82, 2.24) is 0 Å². The molecule has 0 fully saturated rings. The van der Waals surface area contributed by atoms with Crippen molar-refractivity contribution in [2.24, 2.45) is 0 Å². The van der Waals surface area contributed by atoms with Crippen molar-refractivity contribution >= 4 is 0 Å². The summed E-state index contributed by atoms with van der Waals surface area (Å²) in [5, 5.41) is 11.6. The second-order valence-corrected chi connectivity index (χ2v) is 6.67. The largest absolute Gasteiger partial charge is 0.496 e. The van der Waals surface area contributed by atoms with Crippen molar-refractivity contribution in [3.8, 4) is 5.75 Å². The first-order valence-electron chi connectivity index (χ1n) is 8.68. The summed E-state index contributed by atoms with van der Waals surface area (Å²) in [4.78, 5) is 0. The van der Waals surface area contributed by atoms with Gasteiger partial charge in [-0.15, -0.1) is 0 Å². The fourth-order valence-corrected chi connectivity index (χ4v) is 3.70. The van der Waals surface area contributed by atoms with Crippen LogP contribution in [0.4, 0.5) is 0 Å². The molecule has 1 N–H and O–H groups in total. The molecule has 0 saturated heterocycles.